The molecule has 0 spiro atoms. The molecule has 36 heavy (non-hydrogen) atoms. The van der Waals surface area contributed by atoms with Gasteiger partial charge in [-0.1, -0.05) is 66.7 Å². The first-order chi connectivity index (χ1) is 17.7. The maximum atomic E-state index is 9.92. The molecule has 0 saturated heterocycles. The zero-order valence-electron chi connectivity index (χ0n) is 19.0. The summed E-state index contributed by atoms with van der Waals surface area (Å²) in [6.45, 7) is 0. The highest BCUT2D eigenvalue weighted by atomic mass is 16.4. The Balaban J connectivity index is 1.55. The van der Waals surface area contributed by atoms with E-state index in [1.165, 1.54) is 0 Å². The number of hydrogen-bond acceptors (Lipinski definition) is 4. The number of para-hydroxylation sites is 4. The lowest BCUT2D eigenvalue weighted by Crippen LogP contribution is -2.29. The molecule has 8 rings (SSSR count). The quantitative estimate of drug-likeness (QED) is 0.295. The molecule has 0 amide bonds. The van der Waals surface area contributed by atoms with E-state index in [0.717, 1.165) is 60.2 Å². The third-order valence-electron chi connectivity index (χ3n) is 7.23. The maximum absolute atomic E-state index is 9.92. The van der Waals surface area contributed by atoms with Crippen molar-refractivity contribution in [3.8, 4) is 5.69 Å². The molecule has 0 radical (unpaired) electrons. The van der Waals surface area contributed by atoms with Gasteiger partial charge in [0.05, 0.1) is 22.1 Å². The van der Waals surface area contributed by atoms with Gasteiger partial charge in [-0.2, -0.15) is 0 Å². The highest BCUT2D eigenvalue weighted by molar-refractivity contribution is 6.61. The Morgan fingerprint density at radius 3 is 2.08 bits per heavy atom. The fourth-order valence-corrected chi connectivity index (χ4v) is 5.70. The molecule has 3 heterocycles. The molecule has 5 nitrogen and oxygen atoms in total. The molecular formula is C30H18BNO4. The van der Waals surface area contributed by atoms with E-state index in [-0.39, 0.29) is 0 Å². The highest BCUT2D eigenvalue weighted by Crippen LogP contribution is 2.42. The summed E-state index contributed by atoms with van der Waals surface area (Å²) in [5.74, 6) is 0. The molecule has 8 aromatic rings. The topological polar surface area (TPSA) is 71.7 Å². The summed E-state index contributed by atoms with van der Waals surface area (Å²) in [6, 6.07) is 32.2. The molecule has 6 heteroatoms. The van der Waals surface area contributed by atoms with Crippen molar-refractivity contribution in [2.75, 3.05) is 0 Å². The van der Waals surface area contributed by atoms with Crippen LogP contribution in [0.3, 0.4) is 0 Å². The predicted molar refractivity (Wildman–Crippen MR) is 145 cm³/mol. The zero-order chi connectivity index (χ0) is 24.0. The minimum atomic E-state index is -1.62. The number of hydrogen-bond donors (Lipinski definition) is 2. The summed E-state index contributed by atoms with van der Waals surface area (Å²) >= 11 is 0. The van der Waals surface area contributed by atoms with Crippen LogP contribution < -0.4 is 5.46 Å². The third kappa shape index (κ3) is 2.47. The molecule has 0 saturated carbocycles. The van der Waals surface area contributed by atoms with Crippen molar-refractivity contribution < 1.29 is 18.9 Å². The van der Waals surface area contributed by atoms with Crippen LogP contribution in [0.15, 0.2) is 106 Å². The second-order valence-corrected chi connectivity index (χ2v) is 9.14. The van der Waals surface area contributed by atoms with E-state index in [9.17, 15) is 10.0 Å². The number of fused-ring (bicyclic) bond motifs is 10. The van der Waals surface area contributed by atoms with Crippen LogP contribution >= 0.6 is 0 Å². The Hall–Kier alpha value is -4.52. The van der Waals surface area contributed by atoms with Crippen LogP contribution in [-0.2, 0) is 0 Å². The third-order valence-corrected chi connectivity index (χ3v) is 7.23. The first-order valence-electron chi connectivity index (χ1n) is 11.8. The molecule has 0 bridgehead atoms. The van der Waals surface area contributed by atoms with Gasteiger partial charge < -0.3 is 23.4 Å². The van der Waals surface area contributed by atoms with Crippen molar-refractivity contribution in [1.82, 2.24) is 4.57 Å². The van der Waals surface area contributed by atoms with Crippen LogP contribution in [0.2, 0.25) is 0 Å². The van der Waals surface area contributed by atoms with Gasteiger partial charge in [-0.3, -0.25) is 0 Å². The fourth-order valence-electron chi connectivity index (χ4n) is 5.70. The van der Waals surface area contributed by atoms with Gasteiger partial charge in [-0.05, 0) is 30.3 Å². The summed E-state index contributed by atoms with van der Waals surface area (Å²) in [4.78, 5) is 0. The molecule has 0 aliphatic rings. The SMILES string of the molecule is OB(O)c1cccc2c1oc1c(-n3c4ccccc4c4c5oc6ccccc6c5ccc43)cccc12. The van der Waals surface area contributed by atoms with Crippen molar-refractivity contribution >= 4 is 78.3 Å². The monoisotopic (exact) mass is 467 g/mol. The largest absolute Gasteiger partial charge is 0.492 e. The summed E-state index contributed by atoms with van der Waals surface area (Å²) in [7, 11) is -1.62. The van der Waals surface area contributed by atoms with Crippen LogP contribution in [-0.4, -0.2) is 21.7 Å². The van der Waals surface area contributed by atoms with Gasteiger partial charge in [0.25, 0.3) is 0 Å². The van der Waals surface area contributed by atoms with E-state index in [1.807, 2.05) is 60.7 Å². The van der Waals surface area contributed by atoms with Crippen molar-refractivity contribution in [2.45, 2.75) is 0 Å². The molecule has 3 aromatic heterocycles. The Morgan fingerprint density at radius 1 is 0.528 bits per heavy atom. The van der Waals surface area contributed by atoms with Crippen LogP contribution in [0, 0.1) is 0 Å². The Morgan fingerprint density at radius 2 is 1.22 bits per heavy atom. The Kier molecular flexibility index (Phi) is 3.85. The molecule has 2 N–H and O–H groups in total. The van der Waals surface area contributed by atoms with Crippen molar-refractivity contribution in [1.29, 1.82) is 0 Å². The lowest BCUT2D eigenvalue weighted by molar-refractivity contribution is 0.425. The van der Waals surface area contributed by atoms with E-state index in [2.05, 4.69) is 34.9 Å². The average Bonchev–Trinajstić information content (AvgIpc) is 3.57. The minimum absolute atomic E-state index is 0.348. The van der Waals surface area contributed by atoms with E-state index in [4.69, 9.17) is 8.83 Å². The molecule has 0 aliphatic carbocycles. The normalized spacial score (nSPS) is 12.2. The van der Waals surface area contributed by atoms with Gasteiger partial charge in [0.1, 0.15) is 16.7 Å². The molecule has 170 valence electrons. The lowest BCUT2D eigenvalue weighted by atomic mass is 9.79. The van der Waals surface area contributed by atoms with Gasteiger partial charge in [0.15, 0.2) is 5.58 Å². The molecule has 0 unspecified atom stereocenters. The van der Waals surface area contributed by atoms with Crippen molar-refractivity contribution in [3.63, 3.8) is 0 Å². The van der Waals surface area contributed by atoms with Gasteiger partial charge >= 0.3 is 7.12 Å². The van der Waals surface area contributed by atoms with Crippen LogP contribution in [0.5, 0.6) is 0 Å². The maximum Gasteiger partial charge on any atom is 0.492 e. The zero-order valence-corrected chi connectivity index (χ0v) is 19.0. The first-order valence-corrected chi connectivity index (χ1v) is 11.8. The Labute approximate surface area is 204 Å². The lowest BCUT2D eigenvalue weighted by Gasteiger charge is -2.08. The smallest absolute Gasteiger partial charge is 0.455 e. The molecular weight excluding hydrogens is 449 g/mol. The van der Waals surface area contributed by atoms with Crippen molar-refractivity contribution in [2.24, 2.45) is 0 Å². The molecule has 0 aliphatic heterocycles. The highest BCUT2D eigenvalue weighted by Gasteiger charge is 2.23. The number of rotatable bonds is 2. The minimum Gasteiger partial charge on any atom is -0.455 e. The van der Waals surface area contributed by atoms with E-state index < -0.39 is 7.12 Å². The van der Waals surface area contributed by atoms with Gasteiger partial charge in [0, 0.05) is 32.4 Å². The number of aromatic nitrogens is 1. The van der Waals surface area contributed by atoms with Gasteiger partial charge in [-0.25, -0.2) is 0 Å². The van der Waals surface area contributed by atoms with Crippen molar-refractivity contribution in [3.05, 3.63) is 97.1 Å². The van der Waals surface area contributed by atoms with E-state index in [0.29, 0.717) is 16.6 Å². The summed E-state index contributed by atoms with van der Waals surface area (Å²) in [6.07, 6.45) is 0. The second kappa shape index (κ2) is 7.01. The molecule has 5 aromatic carbocycles. The summed E-state index contributed by atoms with van der Waals surface area (Å²) in [5, 5.41) is 25.9. The summed E-state index contributed by atoms with van der Waals surface area (Å²) < 4.78 is 15.0. The van der Waals surface area contributed by atoms with Crippen LogP contribution in [0.4, 0.5) is 0 Å². The van der Waals surface area contributed by atoms with Crippen LogP contribution in [0.1, 0.15) is 0 Å². The fraction of sp³-hybridized carbons (Fsp3) is 0. The average molecular weight is 467 g/mol. The first kappa shape index (κ1) is 19.8. The number of benzene rings is 5. The second-order valence-electron chi connectivity index (χ2n) is 9.14. The standard InChI is InChI=1S/C30H18BNO4/c33-31(34)22-11-5-9-18-19-10-6-13-25(29(19)36-28(18)22)32-23-12-3-1-8-21(23)27-24(32)16-15-20-17-7-2-4-14-26(17)35-30(20)27/h1-16,33-34H. The number of nitrogens with zero attached hydrogens (tertiary/aromatic N) is 1. The van der Waals surface area contributed by atoms with Gasteiger partial charge in [0.2, 0.25) is 0 Å². The van der Waals surface area contributed by atoms with Gasteiger partial charge in [-0.15, -0.1) is 0 Å². The Bertz CT molecular complexity index is 2150. The summed E-state index contributed by atoms with van der Waals surface area (Å²) in [5.41, 5.74) is 6.18. The predicted octanol–water partition coefficient (Wildman–Crippen LogP) is 6.26. The number of furan rings is 2. The molecule has 0 atom stereocenters. The molecule has 0 fully saturated rings. The van der Waals surface area contributed by atoms with E-state index >= 15 is 0 Å². The van der Waals surface area contributed by atoms with Crippen LogP contribution in [0.25, 0.3) is 71.4 Å². The van der Waals surface area contributed by atoms with E-state index in [1.54, 1.807) is 6.07 Å².